The van der Waals surface area contributed by atoms with Gasteiger partial charge in [0.2, 0.25) is 5.82 Å². The van der Waals surface area contributed by atoms with Crippen LogP contribution in [0.4, 0.5) is 0 Å². The Labute approximate surface area is 147 Å². The Morgan fingerprint density at radius 1 is 1.28 bits per heavy atom. The average Bonchev–Trinajstić information content (AvgIpc) is 3.35. The number of rotatable bonds is 10. The number of aromatic nitrogens is 4. The first-order chi connectivity index (χ1) is 12.1. The smallest absolute Gasteiger partial charge is 0.320 e. The maximum atomic E-state index is 11.2. The molecule has 0 spiro atoms. The summed E-state index contributed by atoms with van der Waals surface area (Å²) in [5.74, 6) is -0.0806. The highest BCUT2D eigenvalue weighted by Crippen LogP contribution is 2.29. The lowest BCUT2D eigenvalue weighted by Gasteiger charge is -2.25. The van der Waals surface area contributed by atoms with Gasteiger partial charge in [0.1, 0.15) is 6.04 Å². The maximum absolute atomic E-state index is 11.2. The first-order valence-corrected chi connectivity index (χ1v) is 8.97. The van der Waals surface area contributed by atoms with Crippen LogP contribution in [0, 0.1) is 0 Å². The highest BCUT2D eigenvalue weighted by Gasteiger charge is 2.34. The second kappa shape index (κ2) is 8.20. The van der Waals surface area contributed by atoms with E-state index in [9.17, 15) is 9.90 Å². The first-order valence-electron chi connectivity index (χ1n) is 8.97. The van der Waals surface area contributed by atoms with E-state index in [1.807, 2.05) is 30.3 Å². The van der Waals surface area contributed by atoms with Gasteiger partial charge in [0.05, 0.1) is 6.54 Å². The van der Waals surface area contributed by atoms with Crippen LogP contribution in [-0.2, 0) is 11.3 Å². The van der Waals surface area contributed by atoms with Crippen molar-refractivity contribution in [2.75, 3.05) is 6.54 Å². The molecular weight excluding hydrogens is 318 g/mol. The lowest BCUT2D eigenvalue weighted by molar-refractivity contribution is -0.142. The monoisotopic (exact) mass is 343 g/mol. The van der Waals surface area contributed by atoms with E-state index in [1.54, 1.807) is 11.7 Å². The van der Waals surface area contributed by atoms with Crippen LogP contribution in [0.2, 0.25) is 0 Å². The van der Waals surface area contributed by atoms with E-state index in [-0.39, 0.29) is 0 Å². The number of carbonyl (C=O) groups is 1. The number of unbranched alkanes of at least 4 members (excludes halogenated alkanes) is 2. The fourth-order valence-corrected chi connectivity index (χ4v) is 3.01. The van der Waals surface area contributed by atoms with Gasteiger partial charge in [-0.15, -0.1) is 10.2 Å². The third kappa shape index (κ3) is 4.85. The lowest BCUT2D eigenvalue weighted by Crippen LogP contribution is -2.41. The number of nitrogens with zero attached hydrogens (tertiary/aromatic N) is 5. The van der Waals surface area contributed by atoms with Crippen LogP contribution in [0.3, 0.4) is 0 Å². The zero-order valence-electron chi connectivity index (χ0n) is 14.6. The molecule has 134 valence electrons. The Morgan fingerprint density at radius 2 is 2.04 bits per heavy atom. The molecule has 7 heteroatoms. The molecule has 1 heterocycles. The summed E-state index contributed by atoms with van der Waals surface area (Å²) in [5.41, 5.74) is 0.969. The molecule has 1 aromatic heterocycles. The van der Waals surface area contributed by atoms with Crippen LogP contribution in [0.25, 0.3) is 11.4 Å². The highest BCUT2D eigenvalue weighted by molar-refractivity contribution is 5.73. The summed E-state index contributed by atoms with van der Waals surface area (Å²) in [4.78, 5) is 15.0. The van der Waals surface area contributed by atoms with Gasteiger partial charge in [-0.2, -0.15) is 4.80 Å². The Kier molecular flexibility index (Phi) is 5.75. The summed E-state index contributed by atoms with van der Waals surface area (Å²) in [5, 5.41) is 21.8. The lowest BCUT2D eigenvalue weighted by atomic mass is 10.2. The normalized spacial score (nSPS) is 15.4. The molecule has 1 aliphatic carbocycles. The molecule has 2 aromatic rings. The summed E-state index contributed by atoms with van der Waals surface area (Å²) >= 11 is 0. The van der Waals surface area contributed by atoms with Crippen molar-refractivity contribution in [1.29, 1.82) is 0 Å². The van der Waals surface area contributed by atoms with Gasteiger partial charge in [-0.3, -0.25) is 9.69 Å². The fraction of sp³-hybridized carbons (Fsp3) is 0.556. The summed E-state index contributed by atoms with van der Waals surface area (Å²) in [6.07, 6.45) is 5.24. The van der Waals surface area contributed by atoms with Crippen molar-refractivity contribution < 1.29 is 9.90 Å². The van der Waals surface area contributed by atoms with Gasteiger partial charge in [-0.1, -0.05) is 36.8 Å². The Morgan fingerprint density at radius 3 is 2.72 bits per heavy atom. The molecule has 1 unspecified atom stereocenters. The van der Waals surface area contributed by atoms with Gasteiger partial charge in [0.15, 0.2) is 0 Å². The number of benzene rings is 1. The van der Waals surface area contributed by atoms with Crippen molar-refractivity contribution in [2.45, 2.75) is 57.7 Å². The number of hydrogen-bond acceptors (Lipinski definition) is 5. The van der Waals surface area contributed by atoms with E-state index in [4.69, 9.17) is 0 Å². The van der Waals surface area contributed by atoms with Crippen LogP contribution >= 0.6 is 0 Å². The minimum absolute atomic E-state index is 0.391. The molecule has 0 amide bonds. The summed E-state index contributed by atoms with van der Waals surface area (Å²) in [6.45, 7) is 3.36. The summed E-state index contributed by atoms with van der Waals surface area (Å²) in [6, 6.07) is 9.90. The number of tetrazole rings is 1. The first kappa shape index (κ1) is 17.5. The van der Waals surface area contributed by atoms with Crippen molar-refractivity contribution in [3.05, 3.63) is 30.3 Å². The molecule has 3 rings (SSSR count). The number of carboxylic acids is 1. The average molecular weight is 343 g/mol. The molecule has 0 radical (unpaired) electrons. The predicted octanol–water partition coefficient (Wildman–Crippen LogP) is 2.45. The van der Waals surface area contributed by atoms with Gasteiger partial charge < -0.3 is 5.11 Å². The third-order valence-electron chi connectivity index (χ3n) is 4.63. The molecule has 0 bridgehead atoms. The quantitative estimate of drug-likeness (QED) is 0.667. The van der Waals surface area contributed by atoms with Gasteiger partial charge in [0, 0.05) is 11.6 Å². The van der Waals surface area contributed by atoms with Crippen molar-refractivity contribution in [3.8, 4) is 11.4 Å². The predicted molar refractivity (Wildman–Crippen MR) is 93.9 cm³/mol. The van der Waals surface area contributed by atoms with Crippen LogP contribution in [-0.4, -0.2) is 54.8 Å². The molecule has 1 saturated carbocycles. The van der Waals surface area contributed by atoms with Gasteiger partial charge in [-0.25, -0.2) is 0 Å². The molecular formula is C18H25N5O2. The third-order valence-corrected chi connectivity index (χ3v) is 4.63. The van der Waals surface area contributed by atoms with Gasteiger partial charge in [-0.05, 0) is 44.4 Å². The van der Waals surface area contributed by atoms with Crippen molar-refractivity contribution in [1.82, 2.24) is 25.1 Å². The molecule has 1 aromatic carbocycles. The van der Waals surface area contributed by atoms with Crippen LogP contribution < -0.4 is 0 Å². The molecule has 25 heavy (non-hydrogen) atoms. The molecule has 1 atom stereocenters. The molecule has 0 saturated heterocycles. The van der Waals surface area contributed by atoms with Crippen molar-refractivity contribution >= 4 is 5.97 Å². The zero-order valence-corrected chi connectivity index (χ0v) is 14.6. The number of aryl methyl sites for hydroxylation is 1. The minimum atomic E-state index is -0.729. The second-order valence-electron chi connectivity index (χ2n) is 6.62. The summed E-state index contributed by atoms with van der Waals surface area (Å²) in [7, 11) is 0. The topological polar surface area (TPSA) is 84.1 Å². The van der Waals surface area contributed by atoms with E-state index in [0.29, 0.717) is 11.9 Å². The van der Waals surface area contributed by atoms with Crippen molar-refractivity contribution in [2.24, 2.45) is 0 Å². The maximum Gasteiger partial charge on any atom is 0.320 e. The highest BCUT2D eigenvalue weighted by atomic mass is 16.4. The Balaban J connectivity index is 1.40. The van der Waals surface area contributed by atoms with E-state index in [2.05, 4.69) is 20.3 Å². The Hall–Kier alpha value is -2.28. The molecule has 7 nitrogen and oxygen atoms in total. The standard InChI is InChI=1S/C18H25N5O2/c1-14(18(24)25)22(16-10-11-16)12-6-3-7-13-23-20-17(19-21-23)15-8-4-2-5-9-15/h2,4-5,8-9,14,16H,3,6-7,10-13H2,1H3,(H,24,25). The molecule has 1 N–H and O–H groups in total. The minimum Gasteiger partial charge on any atom is -0.480 e. The van der Waals surface area contributed by atoms with Crippen LogP contribution in [0.15, 0.2) is 30.3 Å². The van der Waals surface area contributed by atoms with Gasteiger partial charge >= 0.3 is 5.97 Å². The second-order valence-corrected chi connectivity index (χ2v) is 6.62. The van der Waals surface area contributed by atoms with E-state index < -0.39 is 12.0 Å². The molecule has 0 aliphatic heterocycles. The van der Waals surface area contributed by atoms with Crippen LogP contribution in [0.1, 0.15) is 39.0 Å². The largest absolute Gasteiger partial charge is 0.480 e. The van der Waals surface area contributed by atoms with E-state index in [1.165, 1.54) is 0 Å². The number of carboxylic acid groups (broad SMARTS) is 1. The van der Waals surface area contributed by atoms with E-state index >= 15 is 0 Å². The molecule has 1 fully saturated rings. The van der Waals surface area contributed by atoms with Crippen LogP contribution in [0.5, 0.6) is 0 Å². The number of hydrogen-bond donors (Lipinski definition) is 1. The Bertz CT molecular complexity index is 684. The van der Waals surface area contributed by atoms with Crippen molar-refractivity contribution in [3.63, 3.8) is 0 Å². The molecule has 1 aliphatic rings. The number of aliphatic carboxylic acids is 1. The van der Waals surface area contributed by atoms with E-state index in [0.717, 1.165) is 50.8 Å². The zero-order chi connectivity index (χ0) is 17.6. The summed E-state index contributed by atoms with van der Waals surface area (Å²) < 4.78 is 0. The fourth-order valence-electron chi connectivity index (χ4n) is 3.01. The van der Waals surface area contributed by atoms with Gasteiger partial charge in [0.25, 0.3) is 0 Å². The SMILES string of the molecule is CC(C(=O)O)N(CCCCCn1nnc(-c2ccccc2)n1)C1CC1.